The molecule has 21 heavy (non-hydrogen) atoms. The highest BCUT2D eigenvalue weighted by molar-refractivity contribution is 5.69. The third-order valence-electron chi connectivity index (χ3n) is 3.11. The lowest BCUT2D eigenvalue weighted by Gasteiger charge is -2.29. The minimum absolute atomic E-state index is 0.00516. The molecule has 0 aliphatic carbocycles. The summed E-state index contributed by atoms with van der Waals surface area (Å²) in [6.07, 6.45) is -0.00516. The van der Waals surface area contributed by atoms with Crippen molar-refractivity contribution in [1.82, 2.24) is 0 Å². The number of nitro groups is 1. The predicted octanol–water partition coefficient (Wildman–Crippen LogP) is 2.68. The Morgan fingerprint density at radius 2 is 2.14 bits per heavy atom. The summed E-state index contributed by atoms with van der Waals surface area (Å²) in [5, 5.41) is 19.9. The molecule has 1 unspecified atom stereocenters. The van der Waals surface area contributed by atoms with Crippen molar-refractivity contribution in [1.29, 1.82) is 0 Å². The highest BCUT2D eigenvalue weighted by atomic mass is 16.6. The number of carboxylic acids is 1. The Morgan fingerprint density at radius 1 is 1.48 bits per heavy atom. The maximum Gasteiger partial charge on any atom is 0.311 e. The minimum Gasteiger partial charge on any atom is -0.487 e. The molecule has 0 aliphatic rings. The molecule has 7 heteroatoms. The molecule has 0 bridgehead atoms. The first-order valence-corrected chi connectivity index (χ1v) is 6.80. The Labute approximate surface area is 123 Å². The monoisotopic (exact) mass is 296 g/mol. The lowest BCUT2D eigenvalue weighted by Crippen LogP contribution is -2.34. The highest BCUT2D eigenvalue weighted by Crippen LogP contribution is 2.32. The zero-order valence-electron chi connectivity index (χ0n) is 12.4. The third kappa shape index (κ3) is 4.34. The van der Waals surface area contributed by atoms with Crippen molar-refractivity contribution in [2.75, 3.05) is 18.1 Å². The van der Waals surface area contributed by atoms with Gasteiger partial charge < -0.3 is 14.7 Å². The van der Waals surface area contributed by atoms with Crippen LogP contribution in [0.25, 0.3) is 0 Å². The summed E-state index contributed by atoms with van der Waals surface area (Å²) < 4.78 is 5.31. The molecule has 1 aromatic rings. The lowest BCUT2D eigenvalue weighted by molar-refractivity contribution is -0.385. The van der Waals surface area contributed by atoms with Gasteiger partial charge in [0.1, 0.15) is 0 Å². The van der Waals surface area contributed by atoms with E-state index in [1.54, 1.807) is 26.0 Å². The van der Waals surface area contributed by atoms with Crippen LogP contribution in [0.5, 0.6) is 5.75 Å². The Hall–Kier alpha value is -2.31. The van der Waals surface area contributed by atoms with Gasteiger partial charge in [0.25, 0.3) is 0 Å². The molecule has 0 aliphatic heterocycles. The average molecular weight is 296 g/mol. The number of hydrogen-bond acceptors (Lipinski definition) is 5. The van der Waals surface area contributed by atoms with E-state index in [0.717, 1.165) is 0 Å². The van der Waals surface area contributed by atoms with Gasteiger partial charge in [-0.1, -0.05) is 0 Å². The summed E-state index contributed by atoms with van der Waals surface area (Å²) in [4.78, 5) is 23.2. The first kappa shape index (κ1) is 16.7. The van der Waals surface area contributed by atoms with Crippen molar-refractivity contribution in [3.63, 3.8) is 0 Å². The van der Waals surface area contributed by atoms with Crippen molar-refractivity contribution in [2.45, 2.75) is 33.2 Å². The van der Waals surface area contributed by atoms with Crippen LogP contribution < -0.4 is 9.64 Å². The van der Waals surface area contributed by atoms with E-state index in [2.05, 4.69) is 0 Å². The fourth-order valence-electron chi connectivity index (χ4n) is 2.22. The number of ether oxygens (including phenoxy) is 1. The van der Waals surface area contributed by atoms with Crippen LogP contribution in [0.2, 0.25) is 0 Å². The Kier molecular flexibility index (Phi) is 5.95. The van der Waals surface area contributed by atoms with Gasteiger partial charge >= 0.3 is 11.7 Å². The Morgan fingerprint density at radius 3 is 2.62 bits per heavy atom. The Balaban J connectivity index is 3.12. The van der Waals surface area contributed by atoms with Gasteiger partial charge in [0.2, 0.25) is 0 Å². The van der Waals surface area contributed by atoms with E-state index in [4.69, 9.17) is 9.84 Å². The molecule has 0 radical (unpaired) electrons. The van der Waals surface area contributed by atoms with Gasteiger partial charge in [-0.15, -0.1) is 0 Å². The molecule has 1 aromatic carbocycles. The normalized spacial score (nSPS) is 11.8. The lowest BCUT2D eigenvalue weighted by atomic mass is 10.1. The molecule has 0 heterocycles. The van der Waals surface area contributed by atoms with E-state index < -0.39 is 10.9 Å². The molecule has 7 nitrogen and oxygen atoms in total. The molecule has 0 spiro atoms. The number of rotatable bonds is 8. The van der Waals surface area contributed by atoms with Crippen LogP contribution in [0.1, 0.15) is 27.2 Å². The van der Waals surface area contributed by atoms with Gasteiger partial charge in [-0.05, 0) is 26.8 Å². The minimum atomic E-state index is -0.882. The molecule has 116 valence electrons. The topological polar surface area (TPSA) is 92.9 Å². The molecule has 0 saturated heterocycles. The number of nitrogens with zero attached hydrogens (tertiary/aromatic N) is 2. The summed E-state index contributed by atoms with van der Waals surface area (Å²) in [6.45, 7) is 6.37. The van der Waals surface area contributed by atoms with Gasteiger partial charge in [-0.25, -0.2) is 0 Å². The largest absolute Gasteiger partial charge is 0.487 e. The number of nitro benzene ring substituents is 1. The van der Waals surface area contributed by atoms with Gasteiger partial charge in [0.15, 0.2) is 5.75 Å². The number of carbonyl (C=O) groups is 1. The predicted molar refractivity (Wildman–Crippen MR) is 79.0 cm³/mol. The number of aliphatic carboxylic acids is 1. The molecular formula is C14H20N2O5. The van der Waals surface area contributed by atoms with E-state index >= 15 is 0 Å². The fourth-order valence-corrected chi connectivity index (χ4v) is 2.22. The number of hydrogen-bond donors (Lipinski definition) is 1. The zero-order chi connectivity index (χ0) is 16.0. The highest BCUT2D eigenvalue weighted by Gasteiger charge is 2.20. The van der Waals surface area contributed by atoms with Gasteiger partial charge in [-0.2, -0.15) is 0 Å². The summed E-state index contributed by atoms with van der Waals surface area (Å²) >= 11 is 0. The van der Waals surface area contributed by atoms with Crippen molar-refractivity contribution >= 4 is 17.3 Å². The average Bonchev–Trinajstić information content (AvgIpc) is 2.39. The van der Waals surface area contributed by atoms with Crippen molar-refractivity contribution in [3.8, 4) is 5.75 Å². The van der Waals surface area contributed by atoms with E-state index in [-0.39, 0.29) is 23.9 Å². The van der Waals surface area contributed by atoms with Crippen LogP contribution in [0, 0.1) is 10.1 Å². The van der Waals surface area contributed by atoms with Crippen LogP contribution in [0.4, 0.5) is 11.4 Å². The number of benzene rings is 1. The van der Waals surface area contributed by atoms with E-state index in [9.17, 15) is 14.9 Å². The van der Waals surface area contributed by atoms with Crippen LogP contribution in [0.15, 0.2) is 18.2 Å². The number of carboxylic acid groups (broad SMARTS) is 1. The zero-order valence-corrected chi connectivity index (χ0v) is 12.4. The van der Waals surface area contributed by atoms with E-state index in [1.807, 2.05) is 11.8 Å². The first-order chi connectivity index (χ1) is 9.90. The molecule has 0 amide bonds. The summed E-state index contributed by atoms with van der Waals surface area (Å²) in [7, 11) is 0. The fraction of sp³-hybridized carbons (Fsp3) is 0.500. The maximum absolute atomic E-state index is 11.0. The van der Waals surface area contributed by atoms with Crippen LogP contribution >= 0.6 is 0 Å². The standard InChI is InChI=1S/C14H20N2O5/c1-4-15(10(3)8-14(17)18)11-6-7-12(16(19)20)13(9-11)21-5-2/h6-7,9-10H,4-5,8H2,1-3H3,(H,17,18). The third-order valence-corrected chi connectivity index (χ3v) is 3.11. The molecule has 1 atom stereocenters. The molecule has 0 aromatic heterocycles. The van der Waals surface area contributed by atoms with Gasteiger partial charge in [0.05, 0.1) is 18.0 Å². The van der Waals surface area contributed by atoms with Crippen molar-refractivity contribution in [2.24, 2.45) is 0 Å². The summed E-state index contributed by atoms with van der Waals surface area (Å²) in [5.41, 5.74) is 0.614. The summed E-state index contributed by atoms with van der Waals surface area (Å²) in [6, 6.07) is 4.37. The SMILES string of the molecule is CCOc1cc(N(CC)C(C)CC(=O)O)ccc1[N+](=O)[O-]. The van der Waals surface area contributed by atoms with Crippen LogP contribution in [0.3, 0.4) is 0 Å². The maximum atomic E-state index is 11.0. The van der Waals surface area contributed by atoms with E-state index in [0.29, 0.717) is 18.8 Å². The van der Waals surface area contributed by atoms with Gasteiger partial charge in [0, 0.05) is 30.4 Å². The van der Waals surface area contributed by atoms with E-state index in [1.165, 1.54) is 6.07 Å². The van der Waals surface area contributed by atoms with Crippen molar-refractivity contribution < 1.29 is 19.6 Å². The summed E-state index contributed by atoms with van der Waals surface area (Å²) in [5.74, 6) is -0.686. The molecule has 1 rings (SSSR count). The molecule has 1 N–H and O–H groups in total. The molecule has 0 saturated carbocycles. The second kappa shape index (κ2) is 7.47. The first-order valence-electron chi connectivity index (χ1n) is 6.80. The quantitative estimate of drug-likeness (QED) is 0.585. The smallest absolute Gasteiger partial charge is 0.311 e. The van der Waals surface area contributed by atoms with Crippen LogP contribution in [-0.4, -0.2) is 35.2 Å². The van der Waals surface area contributed by atoms with Crippen LogP contribution in [-0.2, 0) is 4.79 Å². The number of anilines is 1. The Bertz CT molecular complexity index is 518. The molecule has 0 fully saturated rings. The van der Waals surface area contributed by atoms with Gasteiger partial charge in [-0.3, -0.25) is 14.9 Å². The second-order valence-corrected chi connectivity index (χ2v) is 4.58. The second-order valence-electron chi connectivity index (χ2n) is 4.58. The van der Waals surface area contributed by atoms with Crippen molar-refractivity contribution in [3.05, 3.63) is 28.3 Å². The molecular weight excluding hydrogens is 276 g/mol.